The number of benzene rings is 2. The van der Waals surface area contributed by atoms with Crippen molar-refractivity contribution in [2.24, 2.45) is 0 Å². The van der Waals surface area contributed by atoms with E-state index in [0.29, 0.717) is 17.9 Å². The molecule has 3 aromatic rings. The first-order valence-electron chi connectivity index (χ1n) is 9.07. The van der Waals surface area contributed by atoms with E-state index in [1.165, 1.54) is 0 Å². The summed E-state index contributed by atoms with van der Waals surface area (Å²) in [4.78, 5) is 24.4. The highest BCUT2D eigenvalue weighted by atomic mass is 16.6. The van der Waals surface area contributed by atoms with Crippen molar-refractivity contribution in [3.8, 4) is 11.3 Å². The van der Waals surface area contributed by atoms with Crippen molar-refractivity contribution in [3.05, 3.63) is 83.6 Å². The van der Waals surface area contributed by atoms with Crippen LogP contribution in [-0.4, -0.2) is 17.5 Å². The van der Waals surface area contributed by atoms with Crippen LogP contribution in [0.25, 0.3) is 11.3 Å². The third-order valence-corrected chi connectivity index (χ3v) is 3.93. The van der Waals surface area contributed by atoms with Gasteiger partial charge in [0.15, 0.2) is 0 Å². The van der Waals surface area contributed by atoms with Crippen molar-refractivity contribution in [1.29, 1.82) is 0 Å². The summed E-state index contributed by atoms with van der Waals surface area (Å²) in [6.45, 7) is 5.88. The summed E-state index contributed by atoms with van der Waals surface area (Å²) in [6, 6.07) is 20.1. The van der Waals surface area contributed by atoms with Crippen LogP contribution in [0, 0.1) is 0 Å². The Hall–Kier alpha value is -3.34. The highest BCUT2D eigenvalue weighted by molar-refractivity contribution is 5.94. The molecule has 0 atom stereocenters. The Labute approximate surface area is 164 Å². The predicted octanol–water partition coefficient (Wildman–Crippen LogP) is 4.83. The van der Waals surface area contributed by atoms with Crippen LogP contribution in [0.3, 0.4) is 0 Å². The molecule has 1 N–H and O–H groups in total. The molecule has 0 aliphatic rings. The van der Waals surface area contributed by atoms with E-state index in [4.69, 9.17) is 9.15 Å². The molecule has 0 aliphatic heterocycles. The highest BCUT2D eigenvalue weighted by Crippen LogP contribution is 2.24. The molecule has 0 saturated heterocycles. The van der Waals surface area contributed by atoms with Gasteiger partial charge in [-0.1, -0.05) is 42.5 Å². The molecule has 5 nitrogen and oxygen atoms in total. The van der Waals surface area contributed by atoms with E-state index < -0.39 is 11.6 Å². The zero-order chi connectivity index (χ0) is 20.1. The van der Waals surface area contributed by atoms with Crippen molar-refractivity contribution < 1.29 is 18.7 Å². The number of esters is 1. The van der Waals surface area contributed by atoms with Crippen LogP contribution in [0.4, 0.5) is 0 Å². The molecule has 0 bridgehead atoms. The fraction of sp³-hybridized carbons (Fsp3) is 0.217. The van der Waals surface area contributed by atoms with Gasteiger partial charge in [0, 0.05) is 17.7 Å². The lowest BCUT2D eigenvalue weighted by molar-refractivity contribution is 0.00367. The molecule has 5 heteroatoms. The topological polar surface area (TPSA) is 68.5 Å². The third-order valence-electron chi connectivity index (χ3n) is 3.93. The molecular formula is C23H23NO4. The van der Waals surface area contributed by atoms with Gasteiger partial charge in [0.05, 0.1) is 0 Å². The summed E-state index contributed by atoms with van der Waals surface area (Å²) in [7, 11) is 0. The van der Waals surface area contributed by atoms with Gasteiger partial charge >= 0.3 is 5.97 Å². The second kappa shape index (κ2) is 8.13. The van der Waals surface area contributed by atoms with Gasteiger partial charge in [-0.25, -0.2) is 4.79 Å². The third kappa shape index (κ3) is 5.10. The molecule has 0 saturated carbocycles. The molecule has 1 amide bonds. The second-order valence-electron chi connectivity index (χ2n) is 7.41. The van der Waals surface area contributed by atoms with Gasteiger partial charge in [-0.2, -0.15) is 0 Å². The van der Waals surface area contributed by atoms with Crippen molar-refractivity contribution in [3.63, 3.8) is 0 Å². The van der Waals surface area contributed by atoms with Crippen LogP contribution >= 0.6 is 0 Å². The quantitative estimate of drug-likeness (QED) is 0.647. The molecular weight excluding hydrogens is 354 g/mol. The van der Waals surface area contributed by atoms with E-state index in [2.05, 4.69) is 5.32 Å². The minimum absolute atomic E-state index is 0.148. The maximum absolute atomic E-state index is 12.3. The van der Waals surface area contributed by atoms with Gasteiger partial charge in [-0.3, -0.25) is 4.79 Å². The fourth-order valence-electron chi connectivity index (χ4n) is 2.60. The van der Waals surface area contributed by atoms with E-state index in [1.807, 2.05) is 30.3 Å². The molecule has 2 aromatic carbocycles. The summed E-state index contributed by atoms with van der Waals surface area (Å²) >= 11 is 0. The van der Waals surface area contributed by atoms with Crippen LogP contribution in [0.1, 0.15) is 47.2 Å². The van der Waals surface area contributed by atoms with Crippen molar-refractivity contribution in [1.82, 2.24) is 5.32 Å². The molecule has 0 unspecified atom stereocenters. The largest absolute Gasteiger partial charge is 0.454 e. The van der Waals surface area contributed by atoms with Gasteiger partial charge in [0.25, 0.3) is 5.91 Å². The Kier molecular flexibility index (Phi) is 5.64. The number of carbonyl (C=O) groups excluding carboxylic acids is 2. The SMILES string of the molecule is CC(C)(C)OC(=O)c1ccc(-c2ccc(C(=O)NCc3ccccc3)cc2)o1. The molecule has 28 heavy (non-hydrogen) atoms. The molecule has 3 rings (SSSR count). The molecule has 0 fully saturated rings. The maximum atomic E-state index is 12.3. The monoisotopic (exact) mass is 377 g/mol. The van der Waals surface area contributed by atoms with Crippen LogP contribution in [-0.2, 0) is 11.3 Å². The molecule has 0 radical (unpaired) electrons. The van der Waals surface area contributed by atoms with E-state index in [0.717, 1.165) is 11.1 Å². The number of hydrogen-bond donors (Lipinski definition) is 1. The van der Waals surface area contributed by atoms with Crippen molar-refractivity contribution >= 4 is 11.9 Å². The lowest BCUT2D eigenvalue weighted by Crippen LogP contribution is -2.23. The number of hydrogen-bond acceptors (Lipinski definition) is 4. The summed E-state index contributed by atoms with van der Waals surface area (Å²) in [6.07, 6.45) is 0. The minimum atomic E-state index is -0.585. The van der Waals surface area contributed by atoms with Crippen molar-refractivity contribution in [2.45, 2.75) is 32.9 Å². The number of ether oxygens (including phenoxy) is 1. The number of carbonyl (C=O) groups is 2. The van der Waals surface area contributed by atoms with E-state index >= 15 is 0 Å². The maximum Gasteiger partial charge on any atom is 0.374 e. The Morgan fingerprint density at radius 1 is 0.929 bits per heavy atom. The number of nitrogens with one attached hydrogen (secondary N) is 1. The van der Waals surface area contributed by atoms with Crippen molar-refractivity contribution in [2.75, 3.05) is 0 Å². The Bertz CT molecular complexity index is 950. The average Bonchev–Trinajstić information content (AvgIpc) is 3.16. The van der Waals surface area contributed by atoms with Crippen LogP contribution in [0.15, 0.2) is 71.1 Å². The molecule has 144 valence electrons. The smallest absolute Gasteiger partial charge is 0.374 e. The first-order chi connectivity index (χ1) is 13.3. The first kappa shape index (κ1) is 19.4. The number of furan rings is 1. The summed E-state index contributed by atoms with van der Waals surface area (Å²) in [5.74, 6) is 0.0339. The van der Waals surface area contributed by atoms with Crippen LogP contribution < -0.4 is 5.32 Å². The zero-order valence-corrected chi connectivity index (χ0v) is 16.2. The van der Waals surface area contributed by atoms with Gasteiger partial charge in [0.2, 0.25) is 5.76 Å². The van der Waals surface area contributed by atoms with Gasteiger partial charge in [-0.15, -0.1) is 0 Å². The lowest BCUT2D eigenvalue weighted by Gasteiger charge is -2.18. The standard InChI is InChI=1S/C23H23NO4/c1-23(2,3)28-22(26)20-14-13-19(27-20)17-9-11-18(12-10-17)21(25)24-15-16-7-5-4-6-8-16/h4-14H,15H2,1-3H3,(H,24,25). The van der Waals surface area contributed by atoms with Gasteiger partial charge in [0.1, 0.15) is 11.4 Å². The molecule has 1 aromatic heterocycles. The first-order valence-corrected chi connectivity index (χ1v) is 9.07. The number of amides is 1. The summed E-state index contributed by atoms with van der Waals surface area (Å²) in [5.41, 5.74) is 1.78. The zero-order valence-electron chi connectivity index (χ0n) is 16.2. The minimum Gasteiger partial charge on any atom is -0.454 e. The Balaban J connectivity index is 1.64. The Morgan fingerprint density at radius 2 is 1.61 bits per heavy atom. The predicted molar refractivity (Wildman–Crippen MR) is 107 cm³/mol. The van der Waals surface area contributed by atoms with Gasteiger partial charge < -0.3 is 14.5 Å². The van der Waals surface area contributed by atoms with E-state index in [9.17, 15) is 9.59 Å². The summed E-state index contributed by atoms with van der Waals surface area (Å²) in [5, 5.41) is 2.89. The average molecular weight is 377 g/mol. The summed E-state index contributed by atoms with van der Waals surface area (Å²) < 4.78 is 10.9. The van der Waals surface area contributed by atoms with Crippen LogP contribution in [0.2, 0.25) is 0 Å². The fourth-order valence-corrected chi connectivity index (χ4v) is 2.60. The molecule has 0 spiro atoms. The second-order valence-corrected chi connectivity index (χ2v) is 7.41. The Morgan fingerprint density at radius 3 is 2.25 bits per heavy atom. The molecule has 1 heterocycles. The highest BCUT2D eigenvalue weighted by Gasteiger charge is 2.21. The van der Waals surface area contributed by atoms with Gasteiger partial charge in [-0.05, 0) is 50.6 Å². The normalized spacial score (nSPS) is 11.1. The van der Waals surface area contributed by atoms with E-state index in [-0.39, 0.29) is 11.7 Å². The van der Waals surface area contributed by atoms with E-state index in [1.54, 1.807) is 57.2 Å². The van der Waals surface area contributed by atoms with Crippen LogP contribution in [0.5, 0.6) is 0 Å². The molecule has 0 aliphatic carbocycles. The number of rotatable bonds is 5. The lowest BCUT2D eigenvalue weighted by atomic mass is 10.1.